The van der Waals surface area contributed by atoms with Crippen LogP contribution in [0.2, 0.25) is 0 Å². The highest BCUT2D eigenvalue weighted by molar-refractivity contribution is 5.61. The fourth-order valence-electron chi connectivity index (χ4n) is 1.86. The maximum Gasteiger partial charge on any atom is 0.261 e. The molecule has 0 saturated carbocycles. The molecule has 1 aromatic heterocycles. The largest absolute Gasteiger partial charge is 0.508 e. The van der Waals surface area contributed by atoms with Crippen LogP contribution in [0.4, 0.5) is 4.39 Å². The minimum absolute atomic E-state index is 0.134. The van der Waals surface area contributed by atoms with Crippen molar-refractivity contribution in [2.45, 2.75) is 6.92 Å². The Bertz CT molecular complexity index is 751. The van der Waals surface area contributed by atoms with Crippen molar-refractivity contribution in [3.05, 3.63) is 53.8 Å². The monoisotopic (exact) mass is 270 g/mol. The summed E-state index contributed by atoms with van der Waals surface area (Å²) in [5, 5.41) is 13.1. The Hall–Kier alpha value is -2.69. The van der Waals surface area contributed by atoms with Gasteiger partial charge in [0.15, 0.2) is 0 Å². The Morgan fingerprint density at radius 2 is 1.85 bits per heavy atom. The standard InChI is InChI=1S/C15H11FN2O2/c1-9-2-7-13(16)12(8-9)15-17-14(18-20-15)10-3-5-11(19)6-4-10/h2-8,19H,1H3. The van der Waals surface area contributed by atoms with Crippen LogP contribution < -0.4 is 0 Å². The number of aromatic nitrogens is 2. The number of nitrogens with zero attached hydrogens (tertiary/aromatic N) is 2. The lowest BCUT2D eigenvalue weighted by Gasteiger charge is -1.98. The van der Waals surface area contributed by atoms with E-state index in [1.54, 1.807) is 24.3 Å². The van der Waals surface area contributed by atoms with Crippen molar-refractivity contribution in [1.29, 1.82) is 0 Å². The van der Waals surface area contributed by atoms with E-state index in [1.165, 1.54) is 18.2 Å². The van der Waals surface area contributed by atoms with Crippen LogP contribution in [0.15, 0.2) is 47.0 Å². The van der Waals surface area contributed by atoms with Crippen LogP contribution in [0.5, 0.6) is 5.75 Å². The van der Waals surface area contributed by atoms with Crippen molar-refractivity contribution >= 4 is 0 Å². The highest BCUT2D eigenvalue weighted by atomic mass is 19.1. The Labute approximate surface area is 114 Å². The molecule has 3 rings (SSSR count). The summed E-state index contributed by atoms with van der Waals surface area (Å²) < 4.78 is 18.9. The maximum absolute atomic E-state index is 13.8. The first-order valence-electron chi connectivity index (χ1n) is 6.03. The number of rotatable bonds is 2. The Morgan fingerprint density at radius 1 is 1.10 bits per heavy atom. The highest BCUT2D eigenvalue weighted by Crippen LogP contribution is 2.26. The van der Waals surface area contributed by atoms with Gasteiger partial charge in [-0.25, -0.2) is 4.39 Å². The second kappa shape index (κ2) is 4.77. The smallest absolute Gasteiger partial charge is 0.261 e. The predicted octanol–water partition coefficient (Wildman–Crippen LogP) is 3.56. The van der Waals surface area contributed by atoms with Crippen molar-refractivity contribution in [3.63, 3.8) is 0 Å². The Kier molecular flexibility index (Phi) is 2.95. The topological polar surface area (TPSA) is 59.2 Å². The zero-order valence-corrected chi connectivity index (χ0v) is 10.7. The predicted molar refractivity (Wildman–Crippen MR) is 71.5 cm³/mol. The van der Waals surface area contributed by atoms with Gasteiger partial charge >= 0.3 is 0 Å². The van der Waals surface area contributed by atoms with Crippen molar-refractivity contribution in [1.82, 2.24) is 10.1 Å². The molecule has 0 atom stereocenters. The second-order valence-corrected chi connectivity index (χ2v) is 4.45. The quantitative estimate of drug-likeness (QED) is 0.773. The highest BCUT2D eigenvalue weighted by Gasteiger charge is 2.14. The molecule has 0 saturated heterocycles. The van der Waals surface area contributed by atoms with E-state index in [0.717, 1.165) is 5.56 Å². The van der Waals surface area contributed by atoms with Crippen LogP contribution >= 0.6 is 0 Å². The molecule has 4 nitrogen and oxygen atoms in total. The number of phenolic OH excluding ortho intramolecular Hbond substituents is 1. The average Bonchev–Trinajstić information content (AvgIpc) is 2.92. The summed E-state index contributed by atoms with van der Waals surface area (Å²) >= 11 is 0. The van der Waals surface area contributed by atoms with Gasteiger partial charge in [0.05, 0.1) is 5.56 Å². The van der Waals surface area contributed by atoms with Gasteiger partial charge in [-0.05, 0) is 43.3 Å². The van der Waals surface area contributed by atoms with Gasteiger partial charge in [-0.3, -0.25) is 0 Å². The normalized spacial score (nSPS) is 10.7. The van der Waals surface area contributed by atoms with E-state index in [-0.39, 0.29) is 17.2 Å². The molecule has 1 heterocycles. The molecule has 0 fully saturated rings. The number of aromatic hydroxyl groups is 1. The number of phenols is 1. The fraction of sp³-hybridized carbons (Fsp3) is 0.0667. The zero-order valence-electron chi connectivity index (χ0n) is 10.7. The summed E-state index contributed by atoms with van der Waals surface area (Å²) in [4.78, 5) is 4.18. The lowest BCUT2D eigenvalue weighted by Crippen LogP contribution is -1.86. The van der Waals surface area contributed by atoms with E-state index >= 15 is 0 Å². The van der Waals surface area contributed by atoms with Gasteiger partial charge in [-0.15, -0.1) is 0 Å². The minimum atomic E-state index is -0.406. The Morgan fingerprint density at radius 3 is 2.60 bits per heavy atom. The SMILES string of the molecule is Cc1ccc(F)c(-c2nc(-c3ccc(O)cc3)no2)c1. The van der Waals surface area contributed by atoms with Gasteiger partial charge in [-0.2, -0.15) is 4.98 Å². The summed E-state index contributed by atoms with van der Waals surface area (Å²) in [5.74, 6) is 0.230. The molecule has 3 aromatic rings. The van der Waals surface area contributed by atoms with Gasteiger partial charge in [0.1, 0.15) is 11.6 Å². The van der Waals surface area contributed by atoms with E-state index in [0.29, 0.717) is 11.4 Å². The lowest BCUT2D eigenvalue weighted by molar-refractivity contribution is 0.429. The van der Waals surface area contributed by atoms with E-state index in [9.17, 15) is 9.50 Å². The van der Waals surface area contributed by atoms with E-state index in [1.807, 2.05) is 6.92 Å². The summed E-state index contributed by atoms with van der Waals surface area (Å²) in [6, 6.07) is 11.1. The third kappa shape index (κ3) is 2.25. The molecule has 100 valence electrons. The van der Waals surface area contributed by atoms with Gasteiger partial charge in [0.2, 0.25) is 5.82 Å². The second-order valence-electron chi connectivity index (χ2n) is 4.45. The van der Waals surface area contributed by atoms with E-state index in [4.69, 9.17) is 4.52 Å². The number of halogens is 1. The molecule has 0 bridgehead atoms. The zero-order chi connectivity index (χ0) is 14.1. The van der Waals surface area contributed by atoms with Gasteiger partial charge in [0, 0.05) is 5.56 Å². The molecule has 0 unspecified atom stereocenters. The van der Waals surface area contributed by atoms with Gasteiger partial charge in [-0.1, -0.05) is 16.8 Å². The molecule has 0 aliphatic carbocycles. The van der Waals surface area contributed by atoms with Crippen LogP contribution in [-0.4, -0.2) is 15.2 Å². The molecule has 0 amide bonds. The number of benzene rings is 2. The molecule has 0 radical (unpaired) electrons. The number of hydrogen-bond donors (Lipinski definition) is 1. The van der Waals surface area contributed by atoms with Gasteiger partial charge in [0.25, 0.3) is 5.89 Å². The van der Waals surface area contributed by atoms with Gasteiger partial charge < -0.3 is 9.63 Å². The summed E-state index contributed by atoms with van der Waals surface area (Å²) in [6.45, 7) is 1.86. The Balaban J connectivity index is 2.01. The van der Waals surface area contributed by atoms with Crippen LogP contribution in [0, 0.1) is 12.7 Å². The first-order chi connectivity index (χ1) is 9.63. The third-order valence-corrected chi connectivity index (χ3v) is 2.90. The average molecular weight is 270 g/mol. The van der Waals surface area contributed by atoms with Crippen LogP contribution in [0.25, 0.3) is 22.8 Å². The molecule has 5 heteroatoms. The molecule has 1 N–H and O–H groups in total. The maximum atomic E-state index is 13.8. The summed E-state index contributed by atoms with van der Waals surface area (Å²) in [7, 11) is 0. The molecule has 0 aliphatic heterocycles. The van der Waals surface area contributed by atoms with E-state index < -0.39 is 5.82 Å². The van der Waals surface area contributed by atoms with E-state index in [2.05, 4.69) is 10.1 Å². The first-order valence-corrected chi connectivity index (χ1v) is 6.03. The van der Waals surface area contributed by atoms with Crippen molar-refractivity contribution in [3.8, 4) is 28.6 Å². The number of hydrogen-bond acceptors (Lipinski definition) is 4. The minimum Gasteiger partial charge on any atom is -0.508 e. The van der Waals surface area contributed by atoms with Crippen molar-refractivity contribution in [2.75, 3.05) is 0 Å². The summed E-state index contributed by atoms with van der Waals surface area (Å²) in [5.41, 5.74) is 1.87. The van der Waals surface area contributed by atoms with Crippen molar-refractivity contribution < 1.29 is 14.0 Å². The van der Waals surface area contributed by atoms with Crippen LogP contribution in [0.1, 0.15) is 5.56 Å². The van der Waals surface area contributed by atoms with Crippen LogP contribution in [-0.2, 0) is 0 Å². The molecular weight excluding hydrogens is 259 g/mol. The molecule has 0 spiro atoms. The van der Waals surface area contributed by atoms with Crippen LogP contribution in [0.3, 0.4) is 0 Å². The van der Waals surface area contributed by atoms with Crippen molar-refractivity contribution in [2.24, 2.45) is 0 Å². The number of aryl methyl sites for hydroxylation is 1. The molecule has 20 heavy (non-hydrogen) atoms. The molecule has 2 aromatic carbocycles. The molecular formula is C15H11FN2O2. The third-order valence-electron chi connectivity index (χ3n) is 2.90. The lowest BCUT2D eigenvalue weighted by atomic mass is 10.1. The summed E-state index contributed by atoms with van der Waals surface area (Å²) in [6.07, 6.45) is 0. The first kappa shape index (κ1) is 12.3. The fourth-order valence-corrected chi connectivity index (χ4v) is 1.86. The molecule has 0 aliphatic rings.